The minimum absolute atomic E-state index is 0.00387. The van der Waals surface area contributed by atoms with E-state index in [4.69, 9.17) is 5.73 Å². The van der Waals surface area contributed by atoms with Gasteiger partial charge in [-0.15, -0.1) is 0 Å². The van der Waals surface area contributed by atoms with E-state index in [1.54, 1.807) is 6.92 Å². The van der Waals surface area contributed by atoms with E-state index in [9.17, 15) is 18.0 Å². The molecule has 0 heterocycles. The highest BCUT2D eigenvalue weighted by Crippen LogP contribution is 2.29. The van der Waals surface area contributed by atoms with Crippen LogP contribution in [-0.4, -0.2) is 11.8 Å². The second-order valence-corrected chi connectivity index (χ2v) is 3.46. The summed E-state index contributed by atoms with van der Waals surface area (Å²) >= 11 is 0. The first-order valence-corrected chi connectivity index (χ1v) is 4.83. The summed E-state index contributed by atoms with van der Waals surface area (Å²) in [6.45, 7) is 1.70. The SMILES string of the molecule is CCC(N)C(=O)c1cccc(C(F)(F)F)c1. The van der Waals surface area contributed by atoms with Crippen molar-refractivity contribution in [1.82, 2.24) is 0 Å². The van der Waals surface area contributed by atoms with Crippen LogP contribution in [0.3, 0.4) is 0 Å². The van der Waals surface area contributed by atoms with Gasteiger partial charge in [0.25, 0.3) is 0 Å². The Hall–Kier alpha value is -1.36. The molecule has 0 aliphatic rings. The number of nitrogens with two attached hydrogens (primary N) is 1. The van der Waals surface area contributed by atoms with Gasteiger partial charge in [0.1, 0.15) is 0 Å². The maximum absolute atomic E-state index is 12.4. The topological polar surface area (TPSA) is 43.1 Å². The Morgan fingerprint density at radius 3 is 2.56 bits per heavy atom. The molecule has 0 aliphatic heterocycles. The molecule has 0 bridgehead atoms. The average Bonchev–Trinajstić information content (AvgIpc) is 2.26. The van der Waals surface area contributed by atoms with Crippen LogP contribution in [0.15, 0.2) is 24.3 Å². The standard InChI is InChI=1S/C11H12F3NO/c1-2-9(15)10(16)7-4-3-5-8(6-7)11(12,13)14/h3-6,9H,2,15H2,1H3. The molecular weight excluding hydrogens is 219 g/mol. The molecule has 0 fully saturated rings. The second-order valence-electron chi connectivity index (χ2n) is 3.46. The maximum atomic E-state index is 12.4. The van der Waals surface area contributed by atoms with Gasteiger partial charge in [-0.2, -0.15) is 13.2 Å². The fourth-order valence-corrected chi connectivity index (χ4v) is 1.25. The van der Waals surface area contributed by atoms with Crippen LogP contribution >= 0.6 is 0 Å². The molecule has 1 atom stereocenters. The number of alkyl halides is 3. The van der Waals surface area contributed by atoms with Crippen LogP contribution in [0.2, 0.25) is 0 Å². The molecular formula is C11H12F3NO. The smallest absolute Gasteiger partial charge is 0.321 e. The molecule has 0 spiro atoms. The van der Waals surface area contributed by atoms with Gasteiger partial charge in [-0.25, -0.2) is 0 Å². The number of rotatable bonds is 3. The molecule has 0 saturated heterocycles. The van der Waals surface area contributed by atoms with Crippen molar-refractivity contribution in [3.05, 3.63) is 35.4 Å². The van der Waals surface area contributed by atoms with E-state index < -0.39 is 23.6 Å². The van der Waals surface area contributed by atoms with Crippen molar-refractivity contribution < 1.29 is 18.0 Å². The van der Waals surface area contributed by atoms with Gasteiger partial charge in [-0.1, -0.05) is 19.1 Å². The molecule has 5 heteroatoms. The number of benzene rings is 1. The summed E-state index contributed by atoms with van der Waals surface area (Å²) in [7, 11) is 0. The molecule has 0 radical (unpaired) electrons. The lowest BCUT2D eigenvalue weighted by Gasteiger charge is -2.10. The third-order valence-electron chi connectivity index (χ3n) is 2.25. The van der Waals surface area contributed by atoms with Crippen LogP contribution in [0.5, 0.6) is 0 Å². The summed E-state index contributed by atoms with van der Waals surface area (Å²) in [5.41, 5.74) is 4.65. The van der Waals surface area contributed by atoms with Crippen molar-refractivity contribution >= 4 is 5.78 Å². The normalized spacial score (nSPS) is 13.6. The van der Waals surface area contributed by atoms with Crippen LogP contribution < -0.4 is 5.73 Å². The third-order valence-corrected chi connectivity index (χ3v) is 2.25. The van der Waals surface area contributed by atoms with Gasteiger partial charge in [0.05, 0.1) is 11.6 Å². The minimum Gasteiger partial charge on any atom is -0.321 e. The van der Waals surface area contributed by atoms with Crippen molar-refractivity contribution in [2.24, 2.45) is 5.73 Å². The van der Waals surface area contributed by atoms with E-state index in [1.807, 2.05) is 0 Å². The van der Waals surface area contributed by atoms with E-state index in [1.165, 1.54) is 12.1 Å². The Morgan fingerprint density at radius 2 is 2.06 bits per heavy atom. The second kappa shape index (κ2) is 4.65. The fourth-order valence-electron chi connectivity index (χ4n) is 1.25. The molecule has 1 aromatic carbocycles. The summed E-state index contributed by atoms with van der Waals surface area (Å²) in [6.07, 6.45) is -4.04. The highest BCUT2D eigenvalue weighted by molar-refractivity contribution is 6.00. The average molecular weight is 231 g/mol. The number of hydrogen-bond acceptors (Lipinski definition) is 2. The first kappa shape index (κ1) is 12.7. The van der Waals surface area contributed by atoms with Gasteiger partial charge < -0.3 is 5.73 Å². The highest BCUT2D eigenvalue weighted by Gasteiger charge is 2.31. The van der Waals surface area contributed by atoms with Crippen molar-refractivity contribution in [3.63, 3.8) is 0 Å². The molecule has 16 heavy (non-hydrogen) atoms. The van der Waals surface area contributed by atoms with E-state index in [0.29, 0.717) is 6.42 Å². The van der Waals surface area contributed by atoms with Gasteiger partial charge in [0.15, 0.2) is 5.78 Å². The van der Waals surface area contributed by atoms with Crippen molar-refractivity contribution in [2.45, 2.75) is 25.6 Å². The predicted molar refractivity (Wildman–Crippen MR) is 54.0 cm³/mol. The van der Waals surface area contributed by atoms with E-state index in [0.717, 1.165) is 12.1 Å². The minimum atomic E-state index is -4.44. The summed E-state index contributed by atoms with van der Waals surface area (Å²) in [5.74, 6) is -0.464. The van der Waals surface area contributed by atoms with Crippen LogP contribution in [0, 0.1) is 0 Å². The lowest BCUT2D eigenvalue weighted by molar-refractivity contribution is -0.137. The Labute approximate surface area is 91.3 Å². The Kier molecular flexibility index (Phi) is 3.70. The number of hydrogen-bond donors (Lipinski definition) is 1. The zero-order valence-corrected chi connectivity index (χ0v) is 8.71. The Morgan fingerprint density at radius 1 is 1.44 bits per heavy atom. The summed E-state index contributed by atoms with van der Waals surface area (Å²) in [5, 5.41) is 0. The number of carbonyl (C=O) groups is 1. The van der Waals surface area contributed by atoms with Crippen molar-refractivity contribution in [2.75, 3.05) is 0 Å². The fraction of sp³-hybridized carbons (Fsp3) is 0.364. The van der Waals surface area contributed by atoms with Gasteiger partial charge in [0.2, 0.25) is 0 Å². The quantitative estimate of drug-likeness (QED) is 0.812. The number of halogens is 3. The lowest BCUT2D eigenvalue weighted by atomic mass is 10.0. The number of ketones is 1. The van der Waals surface area contributed by atoms with Crippen LogP contribution in [-0.2, 0) is 6.18 Å². The monoisotopic (exact) mass is 231 g/mol. The molecule has 0 saturated carbocycles. The summed E-state index contributed by atoms with van der Waals surface area (Å²) in [6, 6.07) is 3.56. The van der Waals surface area contributed by atoms with E-state index in [-0.39, 0.29) is 5.56 Å². The van der Waals surface area contributed by atoms with Crippen molar-refractivity contribution in [3.8, 4) is 0 Å². The Balaban J connectivity index is 3.04. The molecule has 0 aliphatic carbocycles. The van der Waals surface area contributed by atoms with Gasteiger partial charge in [-0.3, -0.25) is 4.79 Å². The molecule has 2 N–H and O–H groups in total. The van der Waals surface area contributed by atoms with Crippen LogP contribution in [0.25, 0.3) is 0 Å². The largest absolute Gasteiger partial charge is 0.416 e. The van der Waals surface area contributed by atoms with Crippen molar-refractivity contribution in [1.29, 1.82) is 0 Å². The number of carbonyl (C=O) groups excluding carboxylic acids is 1. The van der Waals surface area contributed by atoms with Crippen LogP contribution in [0.4, 0.5) is 13.2 Å². The first-order chi connectivity index (χ1) is 7.36. The zero-order valence-electron chi connectivity index (χ0n) is 8.71. The maximum Gasteiger partial charge on any atom is 0.416 e. The summed E-state index contributed by atoms with van der Waals surface area (Å²) < 4.78 is 37.1. The van der Waals surface area contributed by atoms with E-state index >= 15 is 0 Å². The highest BCUT2D eigenvalue weighted by atomic mass is 19.4. The predicted octanol–water partition coefficient (Wildman–Crippen LogP) is 2.63. The van der Waals surface area contributed by atoms with Gasteiger partial charge >= 0.3 is 6.18 Å². The molecule has 1 unspecified atom stereocenters. The number of Topliss-reactive ketones (excluding diaryl/α,β-unsaturated/α-hetero) is 1. The third kappa shape index (κ3) is 2.82. The zero-order chi connectivity index (χ0) is 12.3. The van der Waals surface area contributed by atoms with Crippen LogP contribution in [0.1, 0.15) is 29.3 Å². The van der Waals surface area contributed by atoms with Gasteiger partial charge in [-0.05, 0) is 18.6 Å². The van der Waals surface area contributed by atoms with E-state index in [2.05, 4.69) is 0 Å². The Bertz CT molecular complexity index is 387. The lowest BCUT2D eigenvalue weighted by Crippen LogP contribution is -2.29. The molecule has 0 aromatic heterocycles. The molecule has 2 nitrogen and oxygen atoms in total. The molecule has 0 amide bonds. The molecule has 88 valence electrons. The summed E-state index contributed by atoms with van der Waals surface area (Å²) in [4.78, 5) is 11.6. The first-order valence-electron chi connectivity index (χ1n) is 4.83. The molecule has 1 rings (SSSR count). The van der Waals surface area contributed by atoms with Gasteiger partial charge in [0, 0.05) is 5.56 Å². The molecule has 1 aromatic rings.